The number of hydrogen-bond acceptors (Lipinski definition) is 12. The maximum Gasteiger partial charge on any atom is 0.397 e. The summed E-state index contributed by atoms with van der Waals surface area (Å²) in [7, 11) is -10.2. The van der Waals surface area contributed by atoms with Crippen molar-refractivity contribution in [1.29, 1.82) is 0 Å². The quantitative estimate of drug-likeness (QED) is 0.0209. The Bertz CT molecular complexity index is 1250. The summed E-state index contributed by atoms with van der Waals surface area (Å²) < 4.78 is 83.6. The normalized spacial score (nSPS) is 21.6. The molecule has 15 nitrogen and oxygen atoms in total. The average molecular weight is 860 g/mol. The van der Waals surface area contributed by atoms with E-state index in [1.165, 1.54) is 115 Å². The minimum Gasteiger partial charge on any atom is -0.387 e. The minimum absolute atomic E-state index is 0.192. The Morgan fingerprint density at radius 3 is 1.60 bits per heavy atom. The topological polar surface area (TPSA) is 235 Å². The maximum atomic E-state index is 13.0. The standard InChI is InChI=1S/C40H77NO14S2/c1-3-5-7-9-11-13-15-17-19-21-23-25-27-29-34(42)33(41-36(43)30-28-26-24-22-20-18-16-14-12-10-8-6-4-2)31-52-40-39(55-57(49,50)51)38(45)37(44)35(54-40)32-53-56(46,47)48/h27,29,33-35,37-40,42,44-45H,3-26,28,30-32H2,1-2H3,(H,41,43)(H,46,47,48)(H,49,50,51)/b29-27+/t33-,34+,35+,37-,38-,39+,40+/m0/s1. The van der Waals surface area contributed by atoms with Crippen molar-refractivity contribution < 1.29 is 63.9 Å². The first-order valence-electron chi connectivity index (χ1n) is 21.7. The summed E-state index contributed by atoms with van der Waals surface area (Å²) in [6.07, 6.45) is 21.5. The van der Waals surface area contributed by atoms with Gasteiger partial charge in [0, 0.05) is 6.42 Å². The van der Waals surface area contributed by atoms with Crippen molar-refractivity contribution in [2.45, 2.75) is 224 Å². The molecule has 1 aliphatic heterocycles. The molecule has 17 heteroatoms. The highest BCUT2D eigenvalue weighted by Gasteiger charge is 2.48. The van der Waals surface area contributed by atoms with Crippen LogP contribution >= 0.6 is 0 Å². The largest absolute Gasteiger partial charge is 0.397 e. The highest BCUT2D eigenvalue weighted by atomic mass is 32.3. The van der Waals surface area contributed by atoms with Gasteiger partial charge in [-0.15, -0.1) is 0 Å². The molecular weight excluding hydrogens is 783 g/mol. The van der Waals surface area contributed by atoms with E-state index in [0.29, 0.717) is 12.8 Å². The molecule has 57 heavy (non-hydrogen) atoms. The number of aliphatic hydroxyl groups is 3. The molecular formula is C40H77NO14S2. The van der Waals surface area contributed by atoms with Crippen molar-refractivity contribution in [3.8, 4) is 0 Å². The number of rotatable bonds is 37. The molecule has 6 N–H and O–H groups in total. The van der Waals surface area contributed by atoms with Gasteiger partial charge in [0.2, 0.25) is 5.91 Å². The molecule has 7 atom stereocenters. The fraction of sp³-hybridized carbons (Fsp3) is 0.925. The van der Waals surface area contributed by atoms with Crippen LogP contribution < -0.4 is 5.32 Å². The van der Waals surface area contributed by atoms with Crippen molar-refractivity contribution >= 4 is 26.7 Å². The Labute approximate surface area is 344 Å². The molecule has 0 aromatic rings. The zero-order valence-electron chi connectivity index (χ0n) is 34.7. The molecule has 0 aliphatic carbocycles. The van der Waals surface area contributed by atoms with Gasteiger partial charge in [-0.05, 0) is 19.3 Å². The summed E-state index contributed by atoms with van der Waals surface area (Å²) in [4.78, 5) is 13.0. The van der Waals surface area contributed by atoms with Crippen LogP contribution in [-0.4, -0.2) is 103 Å². The second kappa shape index (κ2) is 32.5. The van der Waals surface area contributed by atoms with Gasteiger partial charge in [-0.2, -0.15) is 16.8 Å². The Kier molecular flexibility index (Phi) is 30.7. The van der Waals surface area contributed by atoms with Gasteiger partial charge in [0.1, 0.15) is 18.3 Å². The molecule has 1 heterocycles. The number of ether oxygens (including phenoxy) is 2. The summed E-state index contributed by atoms with van der Waals surface area (Å²) in [6.45, 7) is 2.92. The van der Waals surface area contributed by atoms with Crippen molar-refractivity contribution in [3.63, 3.8) is 0 Å². The van der Waals surface area contributed by atoms with E-state index in [9.17, 15) is 41.5 Å². The summed E-state index contributed by atoms with van der Waals surface area (Å²) in [5.41, 5.74) is 0. The molecule has 0 bridgehead atoms. The molecule has 0 aromatic heterocycles. The number of allylic oxidation sites excluding steroid dienone is 1. The van der Waals surface area contributed by atoms with Crippen LogP contribution in [0.25, 0.3) is 0 Å². The molecule has 0 radical (unpaired) electrons. The summed E-state index contributed by atoms with van der Waals surface area (Å²) in [5, 5.41) is 34.9. The molecule has 338 valence electrons. The van der Waals surface area contributed by atoms with E-state index in [2.05, 4.69) is 27.5 Å². The van der Waals surface area contributed by atoms with E-state index in [1.54, 1.807) is 0 Å². The number of hydrogen-bond donors (Lipinski definition) is 6. The van der Waals surface area contributed by atoms with E-state index in [-0.39, 0.29) is 12.3 Å². The number of unbranched alkanes of at least 4 members (excludes halogenated alkanes) is 23. The Balaban J connectivity index is 2.76. The van der Waals surface area contributed by atoms with Crippen LogP contribution in [0.2, 0.25) is 0 Å². The maximum absolute atomic E-state index is 13.0. The third-order valence-electron chi connectivity index (χ3n) is 10.3. The van der Waals surface area contributed by atoms with Crippen LogP contribution in [0.5, 0.6) is 0 Å². The number of aliphatic hydroxyl groups excluding tert-OH is 3. The Hall–Kier alpha value is -1.25. The first-order valence-corrected chi connectivity index (χ1v) is 24.5. The highest BCUT2D eigenvalue weighted by molar-refractivity contribution is 7.81. The van der Waals surface area contributed by atoms with Crippen LogP contribution in [-0.2, 0) is 43.4 Å². The molecule has 1 aliphatic rings. The second-order valence-electron chi connectivity index (χ2n) is 15.5. The minimum atomic E-state index is -5.23. The molecule has 1 amide bonds. The van der Waals surface area contributed by atoms with Gasteiger partial charge in [-0.25, -0.2) is 8.37 Å². The lowest BCUT2D eigenvalue weighted by atomic mass is 9.99. The number of nitrogens with one attached hydrogen (secondary N) is 1. The lowest BCUT2D eigenvalue weighted by Crippen LogP contribution is -2.61. The van der Waals surface area contributed by atoms with Gasteiger partial charge < -0.3 is 30.1 Å². The van der Waals surface area contributed by atoms with Gasteiger partial charge in [0.25, 0.3) is 0 Å². The van der Waals surface area contributed by atoms with Gasteiger partial charge >= 0.3 is 20.8 Å². The van der Waals surface area contributed by atoms with E-state index < -0.39 is 76.9 Å². The Morgan fingerprint density at radius 2 is 1.14 bits per heavy atom. The predicted molar refractivity (Wildman–Crippen MR) is 219 cm³/mol. The molecule has 0 spiro atoms. The number of carbonyl (C=O) groups is 1. The van der Waals surface area contributed by atoms with Crippen molar-refractivity contribution in [3.05, 3.63) is 12.2 Å². The zero-order valence-corrected chi connectivity index (χ0v) is 36.4. The van der Waals surface area contributed by atoms with Crippen LogP contribution in [0.4, 0.5) is 0 Å². The molecule has 0 aromatic carbocycles. The monoisotopic (exact) mass is 859 g/mol. The summed E-state index contributed by atoms with van der Waals surface area (Å²) >= 11 is 0. The summed E-state index contributed by atoms with van der Waals surface area (Å²) in [6, 6.07) is -1.08. The van der Waals surface area contributed by atoms with Gasteiger partial charge in [-0.3, -0.25) is 13.9 Å². The molecule has 1 fully saturated rings. The van der Waals surface area contributed by atoms with Crippen LogP contribution in [0.15, 0.2) is 12.2 Å². The van der Waals surface area contributed by atoms with Gasteiger partial charge in [0.15, 0.2) is 12.4 Å². The average Bonchev–Trinajstić information content (AvgIpc) is 3.15. The third-order valence-corrected chi connectivity index (χ3v) is 11.2. The molecule has 0 saturated carbocycles. The fourth-order valence-corrected chi connectivity index (χ4v) is 7.67. The van der Waals surface area contributed by atoms with E-state index in [1.807, 2.05) is 6.08 Å². The molecule has 1 rings (SSSR count). The van der Waals surface area contributed by atoms with E-state index in [4.69, 9.17) is 14.0 Å². The third kappa shape index (κ3) is 28.8. The van der Waals surface area contributed by atoms with Crippen LogP contribution in [0.3, 0.4) is 0 Å². The second-order valence-corrected chi connectivity index (χ2v) is 17.6. The Morgan fingerprint density at radius 1 is 0.684 bits per heavy atom. The van der Waals surface area contributed by atoms with Crippen LogP contribution in [0, 0.1) is 0 Å². The predicted octanol–water partition coefficient (Wildman–Crippen LogP) is 7.04. The number of amides is 1. The van der Waals surface area contributed by atoms with Crippen molar-refractivity contribution in [2.24, 2.45) is 0 Å². The van der Waals surface area contributed by atoms with Gasteiger partial charge in [0.05, 0.1) is 25.4 Å². The molecule has 1 saturated heterocycles. The van der Waals surface area contributed by atoms with Gasteiger partial charge in [-0.1, -0.05) is 167 Å². The van der Waals surface area contributed by atoms with Crippen molar-refractivity contribution in [1.82, 2.24) is 5.32 Å². The lowest BCUT2D eigenvalue weighted by molar-refractivity contribution is -0.296. The first kappa shape index (κ1) is 53.8. The SMILES string of the molecule is CCCCCCCCCCCCC/C=C/[C@@H](O)[C@H](CO[C@@H]1O[C@H](COS(=O)(=O)O)[C@H](O)[C@H](O)[C@H]1OS(=O)(=O)O)NC(=O)CCCCCCCCCCCCCCC. The first-order chi connectivity index (χ1) is 27.2. The van der Waals surface area contributed by atoms with Crippen LogP contribution in [0.1, 0.15) is 181 Å². The zero-order chi connectivity index (χ0) is 42.4. The van der Waals surface area contributed by atoms with E-state index in [0.717, 1.165) is 38.5 Å². The highest BCUT2D eigenvalue weighted by Crippen LogP contribution is 2.27. The lowest BCUT2D eigenvalue weighted by Gasteiger charge is -2.41. The smallest absolute Gasteiger partial charge is 0.387 e. The molecule has 0 unspecified atom stereocenters. The summed E-state index contributed by atoms with van der Waals surface area (Å²) in [5.74, 6) is -0.352. The van der Waals surface area contributed by atoms with E-state index >= 15 is 0 Å². The number of carbonyl (C=O) groups excluding carboxylic acids is 1. The van der Waals surface area contributed by atoms with Crippen molar-refractivity contribution in [2.75, 3.05) is 13.2 Å². The fourth-order valence-electron chi connectivity index (χ4n) is 6.88.